The van der Waals surface area contributed by atoms with Crippen molar-refractivity contribution in [2.75, 3.05) is 5.73 Å². The molecule has 3 rings (SSSR count). The van der Waals surface area contributed by atoms with E-state index >= 15 is 0 Å². The predicted molar refractivity (Wildman–Crippen MR) is 69.1 cm³/mol. The zero-order chi connectivity index (χ0) is 11.8. The number of nitrogen functional groups attached to an aromatic ring is 1. The van der Waals surface area contributed by atoms with Gasteiger partial charge in [-0.2, -0.15) is 0 Å². The minimum Gasteiger partial charge on any atom is -0.397 e. The van der Waals surface area contributed by atoms with Gasteiger partial charge in [0.1, 0.15) is 9.71 Å². The maximum Gasteiger partial charge on any atom is 0.263 e. The Morgan fingerprint density at radius 3 is 3.00 bits per heavy atom. The third-order valence-corrected chi connectivity index (χ3v) is 4.28. The topological polar surface area (TPSA) is 68.0 Å². The smallest absolute Gasteiger partial charge is 0.263 e. The quantitative estimate of drug-likeness (QED) is 0.854. The number of nitrogens with zero attached hydrogens (tertiary/aromatic N) is 1. The van der Waals surface area contributed by atoms with Gasteiger partial charge in [0.15, 0.2) is 0 Å². The maximum atomic E-state index is 12.0. The molecule has 0 atom stereocenters. The number of pyridine rings is 1. The van der Waals surface area contributed by atoms with Crippen molar-refractivity contribution in [2.45, 2.75) is 25.3 Å². The Bertz CT molecular complexity index is 574. The van der Waals surface area contributed by atoms with E-state index in [0.717, 1.165) is 23.1 Å². The number of aromatic nitrogens is 1. The summed E-state index contributed by atoms with van der Waals surface area (Å²) >= 11 is 1.36. The number of carbonyl (C=O) groups is 1. The standard InChI is InChI=1S/C12H13N3OS/c13-9-8-5-2-6-14-12(8)17-10(9)11(16)15-7-3-1-4-7/h2,5-7H,1,3-4,13H2,(H,15,16). The zero-order valence-electron chi connectivity index (χ0n) is 9.27. The highest BCUT2D eigenvalue weighted by molar-refractivity contribution is 7.21. The molecule has 2 aromatic heterocycles. The van der Waals surface area contributed by atoms with Gasteiger partial charge in [0, 0.05) is 17.6 Å². The molecule has 17 heavy (non-hydrogen) atoms. The summed E-state index contributed by atoms with van der Waals surface area (Å²) < 4.78 is 0. The molecule has 0 spiro atoms. The number of fused-ring (bicyclic) bond motifs is 1. The molecule has 0 saturated heterocycles. The first-order valence-electron chi connectivity index (χ1n) is 5.69. The van der Waals surface area contributed by atoms with E-state index < -0.39 is 0 Å². The van der Waals surface area contributed by atoms with Gasteiger partial charge in [-0.05, 0) is 31.4 Å². The molecule has 3 N–H and O–H groups in total. The minimum atomic E-state index is -0.0600. The van der Waals surface area contributed by atoms with Gasteiger partial charge in [-0.15, -0.1) is 11.3 Å². The van der Waals surface area contributed by atoms with Gasteiger partial charge in [-0.1, -0.05) is 0 Å². The van der Waals surface area contributed by atoms with Crippen LogP contribution in [0.3, 0.4) is 0 Å². The fourth-order valence-electron chi connectivity index (χ4n) is 1.92. The first kappa shape index (κ1) is 10.5. The van der Waals surface area contributed by atoms with Crippen LogP contribution in [-0.2, 0) is 0 Å². The lowest BCUT2D eigenvalue weighted by atomic mass is 9.93. The molecule has 88 valence electrons. The average Bonchev–Trinajstić information content (AvgIpc) is 2.62. The number of hydrogen-bond donors (Lipinski definition) is 2. The number of anilines is 1. The fraction of sp³-hybridized carbons (Fsp3) is 0.333. The van der Waals surface area contributed by atoms with E-state index in [1.165, 1.54) is 17.8 Å². The summed E-state index contributed by atoms with van der Waals surface area (Å²) in [5.41, 5.74) is 6.54. The van der Waals surface area contributed by atoms with Crippen LogP contribution < -0.4 is 11.1 Å². The summed E-state index contributed by atoms with van der Waals surface area (Å²) in [7, 11) is 0. The van der Waals surface area contributed by atoms with Crippen molar-refractivity contribution >= 4 is 33.1 Å². The van der Waals surface area contributed by atoms with E-state index in [0.29, 0.717) is 16.6 Å². The van der Waals surface area contributed by atoms with Crippen molar-refractivity contribution in [1.82, 2.24) is 10.3 Å². The van der Waals surface area contributed by atoms with E-state index in [9.17, 15) is 4.79 Å². The molecule has 1 amide bonds. The molecule has 0 unspecified atom stereocenters. The molecule has 4 nitrogen and oxygen atoms in total. The predicted octanol–water partition coefficient (Wildman–Crippen LogP) is 2.16. The highest BCUT2D eigenvalue weighted by Gasteiger charge is 2.23. The van der Waals surface area contributed by atoms with Crippen molar-refractivity contribution in [3.63, 3.8) is 0 Å². The van der Waals surface area contributed by atoms with Crippen LogP contribution in [0, 0.1) is 0 Å². The van der Waals surface area contributed by atoms with Gasteiger partial charge in [-0.25, -0.2) is 4.98 Å². The van der Waals surface area contributed by atoms with Crippen LogP contribution in [0.4, 0.5) is 5.69 Å². The third-order valence-electron chi connectivity index (χ3n) is 3.15. The monoisotopic (exact) mass is 247 g/mol. The first-order chi connectivity index (χ1) is 8.25. The number of rotatable bonds is 2. The highest BCUT2D eigenvalue weighted by atomic mass is 32.1. The van der Waals surface area contributed by atoms with Crippen molar-refractivity contribution in [2.24, 2.45) is 0 Å². The Morgan fingerprint density at radius 1 is 1.53 bits per heavy atom. The SMILES string of the molecule is Nc1c(C(=O)NC2CCC2)sc2ncccc12. The summed E-state index contributed by atoms with van der Waals surface area (Å²) in [6.45, 7) is 0. The zero-order valence-corrected chi connectivity index (χ0v) is 10.1. The molecule has 5 heteroatoms. The van der Waals surface area contributed by atoms with Gasteiger partial charge < -0.3 is 11.1 Å². The largest absolute Gasteiger partial charge is 0.397 e. The van der Waals surface area contributed by atoms with Crippen molar-refractivity contribution in [3.8, 4) is 0 Å². The molecule has 0 bridgehead atoms. The lowest BCUT2D eigenvalue weighted by Crippen LogP contribution is -2.39. The summed E-state index contributed by atoms with van der Waals surface area (Å²) in [5.74, 6) is -0.0600. The number of carbonyl (C=O) groups excluding carboxylic acids is 1. The first-order valence-corrected chi connectivity index (χ1v) is 6.51. The normalized spacial score (nSPS) is 15.8. The molecule has 1 fully saturated rings. The van der Waals surface area contributed by atoms with Crippen molar-refractivity contribution < 1.29 is 4.79 Å². The lowest BCUT2D eigenvalue weighted by Gasteiger charge is -2.26. The summed E-state index contributed by atoms with van der Waals surface area (Å²) in [4.78, 5) is 17.7. The number of hydrogen-bond acceptors (Lipinski definition) is 4. The molecule has 0 radical (unpaired) electrons. The van der Waals surface area contributed by atoms with Gasteiger partial charge in [0.2, 0.25) is 0 Å². The number of nitrogens with one attached hydrogen (secondary N) is 1. The van der Waals surface area contributed by atoms with Crippen LogP contribution >= 0.6 is 11.3 Å². The fourth-order valence-corrected chi connectivity index (χ4v) is 2.89. The maximum absolute atomic E-state index is 12.0. The van der Waals surface area contributed by atoms with E-state index in [1.54, 1.807) is 6.20 Å². The van der Waals surface area contributed by atoms with Gasteiger partial charge in [-0.3, -0.25) is 4.79 Å². The van der Waals surface area contributed by atoms with Crippen molar-refractivity contribution in [3.05, 3.63) is 23.2 Å². The van der Waals surface area contributed by atoms with E-state index in [4.69, 9.17) is 5.73 Å². The van der Waals surface area contributed by atoms with Gasteiger partial charge in [0.05, 0.1) is 5.69 Å². The van der Waals surface area contributed by atoms with Crippen LogP contribution in [0.5, 0.6) is 0 Å². The van der Waals surface area contributed by atoms with Crippen LogP contribution in [0.25, 0.3) is 10.2 Å². The summed E-state index contributed by atoms with van der Waals surface area (Å²) in [5, 5.41) is 3.87. The third kappa shape index (κ3) is 1.76. The molecule has 0 aromatic carbocycles. The average molecular weight is 247 g/mol. The van der Waals surface area contributed by atoms with Crippen molar-refractivity contribution in [1.29, 1.82) is 0 Å². The molecule has 1 saturated carbocycles. The molecular formula is C12H13N3OS. The molecule has 1 aliphatic rings. The lowest BCUT2D eigenvalue weighted by molar-refractivity contribution is 0.0922. The molecular weight excluding hydrogens is 234 g/mol. The molecule has 2 heterocycles. The number of thiophene rings is 1. The second kappa shape index (κ2) is 4.00. The Balaban J connectivity index is 1.93. The van der Waals surface area contributed by atoms with E-state index in [-0.39, 0.29) is 5.91 Å². The second-order valence-electron chi connectivity index (χ2n) is 4.30. The van der Waals surface area contributed by atoms with Gasteiger partial charge in [0.25, 0.3) is 5.91 Å². The minimum absolute atomic E-state index is 0.0600. The second-order valence-corrected chi connectivity index (χ2v) is 5.30. The van der Waals surface area contributed by atoms with Crippen LogP contribution in [0.2, 0.25) is 0 Å². The Labute approximate surface area is 103 Å². The Morgan fingerprint density at radius 2 is 2.35 bits per heavy atom. The molecule has 0 aliphatic heterocycles. The van der Waals surface area contributed by atoms with E-state index in [2.05, 4.69) is 10.3 Å². The van der Waals surface area contributed by atoms with Gasteiger partial charge >= 0.3 is 0 Å². The molecule has 1 aliphatic carbocycles. The van der Waals surface area contributed by atoms with Crippen LogP contribution in [0.15, 0.2) is 18.3 Å². The number of amides is 1. The summed E-state index contributed by atoms with van der Waals surface area (Å²) in [6, 6.07) is 4.06. The Kier molecular flexibility index (Phi) is 2.48. The van der Waals surface area contributed by atoms with Crippen LogP contribution in [0.1, 0.15) is 28.9 Å². The summed E-state index contributed by atoms with van der Waals surface area (Å²) in [6.07, 6.45) is 5.07. The number of nitrogens with two attached hydrogens (primary N) is 1. The molecule has 2 aromatic rings. The Hall–Kier alpha value is -1.62. The van der Waals surface area contributed by atoms with Crippen LogP contribution in [-0.4, -0.2) is 16.9 Å². The van der Waals surface area contributed by atoms with E-state index in [1.807, 2.05) is 12.1 Å². The highest BCUT2D eigenvalue weighted by Crippen LogP contribution is 2.32.